The molecule has 0 aromatic heterocycles. The van der Waals surface area contributed by atoms with E-state index in [1.54, 1.807) is 6.07 Å². The highest BCUT2D eigenvalue weighted by molar-refractivity contribution is 7.89. The van der Waals surface area contributed by atoms with Gasteiger partial charge in [0.05, 0.1) is 13.2 Å². The lowest BCUT2D eigenvalue weighted by atomic mass is 10.1. The van der Waals surface area contributed by atoms with Crippen molar-refractivity contribution in [3.8, 4) is 11.5 Å². The number of nitrogens with one attached hydrogen (secondary N) is 1. The zero-order valence-electron chi connectivity index (χ0n) is 13.5. The summed E-state index contributed by atoms with van der Waals surface area (Å²) in [5.74, 6) is 1.15. The molecular weight excluding hydrogens is 362 g/mol. The number of benzene rings is 2. The molecule has 2 aliphatic rings. The van der Waals surface area contributed by atoms with Crippen molar-refractivity contribution < 1.29 is 17.9 Å². The van der Waals surface area contributed by atoms with E-state index in [0.29, 0.717) is 55.5 Å². The van der Waals surface area contributed by atoms with Gasteiger partial charge in [-0.1, -0.05) is 23.7 Å². The fourth-order valence-corrected chi connectivity index (χ4v) is 5.01. The summed E-state index contributed by atoms with van der Waals surface area (Å²) in [6, 6.07) is 9.33. The Balaban J connectivity index is 1.59. The van der Waals surface area contributed by atoms with Crippen LogP contribution in [0.1, 0.15) is 16.7 Å². The number of rotatable bonds is 5. The third-order valence-electron chi connectivity index (χ3n) is 4.47. The van der Waals surface area contributed by atoms with Crippen LogP contribution in [0.4, 0.5) is 0 Å². The third-order valence-corrected chi connectivity index (χ3v) is 6.25. The lowest BCUT2D eigenvalue weighted by Crippen LogP contribution is -2.27. The highest BCUT2D eigenvalue weighted by atomic mass is 35.5. The summed E-state index contributed by atoms with van der Waals surface area (Å²) in [6.45, 7) is 1.30. The largest absolute Gasteiger partial charge is 0.493 e. The Labute approximate surface area is 152 Å². The SMILES string of the molecule is O=S(=O)(NCCc1cccc(Cl)c1)c1c2c(cc3c1OCC3)OCC2. The van der Waals surface area contributed by atoms with Crippen LogP contribution >= 0.6 is 11.6 Å². The van der Waals surface area contributed by atoms with E-state index in [2.05, 4.69) is 4.72 Å². The number of halogens is 1. The fourth-order valence-electron chi connectivity index (χ4n) is 3.32. The molecule has 7 heteroatoms. The molecule has 2 aromatic rings. The van der Waals surface area contributed by atoms with Gasteiger partial charge in [-0.2, -0.15) is 0 Å². The van der Waals surface area contributed by atoms with Gasteiger partial charge in [-0.15, -0.1) is 0 Å². The number of hydrogen-bond donors (Lipinski definition) is 1. The molecule has 0 saturated carbocycles. The van der Waals surface area contributed by atoms with Crippen LogP contribution in [0, 0.1) is 0 Å². The van der Waals surface area contributed by atoms with Gasteiger partial charge in [0.25, 0.3) is 0 Å². The van der Waals surface area contributed by atoms with Crippen LogP contribution in [0.25, 0.3) is 0 Å². The van der Waals surface area contributed by atoms with Gasteiger partial charge in [0, 0.05) is 35.5 Å². The first-order valence-electron chi connectivity index (χ1n) is 8.23. The summed E-state index contributed by atoms with van der Waals surface area (Å²) >= 11 is 5.97. The molecule has 2 aromatic carbocycles. The minimum Gasteiger partial charge on any atom is -0.493 e. The Bertz CT molecular complexity index is 895. The predicted molar refractivity (Wildman–Crippen MR) is 95.2 cm³/mol. The van der Waals surface area contributed by atoms with Crippen molar-refractivity contribution >= 4 is 21.6 Å². The summed E-state index contributed by atoms with van der Waals surface area (Å²) in [5, 5.41) is 0.643. The van der Waals surface area contributed by atoms with Crippen LogP contribution in [-0.2, 0) is 29.3 Å². The van der Waals surface area contributed by atoms with Gasteiger partial charge in [0.2, 0.25) is 10.0 Å². The highest BCUT2D eigenvalue weighted by Crippen LogP contribution is 2.42. The molecule has 1 N–H and O–H groups in total. The Morgan fingerprint density at radius 1 is 1.12 bits per heavy atom. The molecule has 0 radical (unpaired) electrons. The van der Waals surface area contributed by atoms with Crippen LogP contribution in [0.2, 0.25) is 5.02 Å². The number of hydrogen-bond acceptors (Lipinski definition) is 4. The van der Waals surface area contributed by atoms with Crippen molar-refractivity contribution in [3.63, 3.8) is 0 Å². The van der Waals surface area contributed by atoms with Gasteiger partial charge in [0.1, 0.15) is 16.4 Å². The molecule has 0 saturated heterocycles. The van der Waals surface area contributed by atoms with E-state index < -0.39 is 10.0 Å². The highest BCUT2D eigenvalue weighted by Gasteiger charge is 2.33. The second-order valence-electron chi connectivity index (χ2n) is 6.15. The Morgan fingerprint density at radius 2 is 1.96 bits per heavy atom. The normalized spacial score (nSPS) is 15.4. The smallest absolute Gasteiger partial charge is 0.244 e. The van der Waals surface area contributed by atoms with E-state index in [4.69, 9.17) is 21.1 Å². The van der Waals surface area contributed by atoms with E-state index in [1.807, 2.05) is 24.3 Å². The predicted octanol–water partition coefficient (Wildman–Crippen LogP) is 2.73. The quantitative estimate of drug-likeness (QED) is 0.867. The molecule has 25 heavy (non-hydrogen) atoms. The first-order chi connectivity index (χ1) is 12.0. The molecule has 2 heterocycles. The summed E-state index contributed by atoms with van der Waals surface area (Å²) < 4.78 is 39.8. The van der Waals surface area contributed by atoms with Gasteiger partial charge in [0.15, 0.2) is 0 Å². The summed E-state index contributed by atoms with van der Waals surface area (Å²) in [6.07, 6.45) is 1.85. The molecular formula is C18H18ClNO4S. The lowest BCUT2D eigenvalue weighted by molar-refractivity contribution is 0.348. The van der Waals surface area contributed by atoms with Crippen LogP contribution in [0.15, 0.2) is 35.2 Å². The zero-order chi connectivity index (χ0) is 17.4. The van der Waals surface area contributed by atoms with E-state index in [9.17, 15) is 8.42 Å². The van der Waals surface area contributed by atoms with Crippen LogP contribution in [0.3, 0.4) is 0 Å². The topological polar surface area (TPSA) is 64.6 Å². The minimum absolute atomic E-state index is 0.251. The number of fused-ring (bicyclic) bond motifs is 2. The monoisotopic (exact) mass is 379 g/mol. The second-order valence-corrected chi connectivity index (χ2v) is 8.29. The molecule has 0 bridgehead atoms. The average molecular weight is 380 g/mol. The van der Waals surface area contributed by atoms with Crippen LogP contribution < -0.4 is 14.2 Å². The first-order valence-corrected chi connectivity index (χ1v) is 10.1. The van der Waals surface area contributed by atoms with Gasteiger partial charge in [-0.3, -0.25) is 0 Å². The van der Waals surface area contributed by atoms with Gasteiger partial charge >= 0.3 is 0 Å². The summed E-state index contributed by atoms with van der Waals surface area (Å²) in [7, 11) is -3.68. The maximum atomic E-state index is 12.9. The number of sulfonamides is 1. The Kier molecular flexibility index (Phi) is 4.35. The van der Waals surface area contributed by atoms with E-state index in [1.165, 1.54) is 0 Å². The van der Waals surface area contributed by atoms with Gasteiger partial charge in [-0.25, -0.2) is 13.1 Å². The Hall–Kier alpha value is -1.76. The van der Waals surface area contributed by atoms with Gasteiger partial charge < -0.3 is 9.47 Å². The molecule has 4 rings (SSSR count). The Morgan fingerprint density at radius 3 is 2.80 bits per heavy atom. The second kappa shape index (κ2) is 6.52. The van der Waals surface area contributed by atoms with Crippen molar-refractivity contribution in [2.45, 2.75) is 24.2 Å². The van der Waals surface area contributed by atoms with Crippen molar-refractivity contribution in [1.82, 2.24) is 4.72 Å². The van der Waals surface area contributed by atoms with Crippen molar-refractivity contribution in [2.24, 2.45) is 0 Å². The van der Waals surface area contributed by atoms with Crippen molar-refractivity contribution in [1.29, 1.82) is 0 Å². The number of ether oxygens (including phenoxy) is 2. The fraction of sp³-hybridized carbons (Fsp3) is 0.333. The van der Waals surface area contributed by atoms with Gasteiger partial charge in [-0.05, 0) is 30.2 Å². The lowest BCUT2D eigenvalue weighted by Gasteiger charge is -2.14. The molecule has 0 aliphatic carbocycles. The first kappa shape index (κ1) is 16.7. The molecule has 0 amide bonds. The van der Waals surface area contributed by atoms with Crippen LogP contribution in [0.5, 0.6) is 11.5 Å². The molecule has 0 unspecified atom stereocenters. The standard InChI is InChI=1S/C18H18ClNO4S/c19-14-3-1-2-12(10-14)4-7-20-25(21,22)18-15-6-9-23-16(15)11-13-5-8-24-17(13)18/h1-3,10-11,20H,4-9H2. The molecule has 2 aliphatic heterocycles. The van der Waals surface area contributed by atoms with E-state index in [0.717, 1.165) is 16.7 Å². The minimum atomic E-state index is -3.68. The summed E-state index contributed by atoms with van der Waals surface area (Å²) in [4.78, 5) is 0.251. The average Bonchev–Trinajstić information content (AvgIpc) is 3.20. The van der Waals surface area contributed by atoms with Crippen molar-refractivity contribution in [3.05, 3.63) is 52.0 Å². The molecule has 0 atom stereocenters. The molecule has 132 valence electrons. The molecule has 5 nitrogen and oxygen atoms in total. The summed E-state index contributed by atoms with van der Waals surface area (Å²) in [5.41, 5.74) is 2.60. The van der Waals surface area contributed by atoms with Crippen LogP contribution in [-0.4, -0.2) is 28.2 Å². The third kappa shape index (κ3) is 3.21. The van der Waals surface area contributed by atoms with E-state index in [-0.39, 0.29) is 4.90 Å². The molecule has 0 spiro atoms. The maximum Gasteiger partial charge on any atom is 0.244 e. The van der Waals surface area contributed by atoms with E-state index >= 15 is 0 Å². The maximum absolute atomic E-state index is 12.9. The van der Waals surface area contributed by atoms with Crippen molar-refractivity contribution in [2.75, 3.05) is 19.8 Å². The zero-order valence-corrected chi connectivity index (χ0v) is 15.1. The molecule has 0 fully saturated rings.